The molecule has 0 heterocycles. The standard InChI is InChI=1S/C16H22ClNO/c1-12-6-5-7-13(10-12)11-16(19)18-15-9-4-2-3-8-14(15)17/h5-7,10,14-15H,2-4,8-9,11H2,1H3,(H,18,19). The Kier molecular flexibility index (Phi) is 5.26. The highest BCUT2D eigenvalue weighted by Crippen LogP contribution is 2.22. The van der Waals surface area contributed by atoms with Crippen molar-refractivity contribution in [3.63, 3.8) is 0 Å². The van der Waals surface area contributed by atoms with Crippen LogP contribution in [-0.4, -0.2) is 17.3 Å². The van der Waals surface area contributed by atoms with Gasteiger partial charge in [-0.15, -0.1) is 11.6 Å². The first kappa shape index (κ1) is 14.4. The van der Waals surface area contributed by atoms with Gasteiger partial charge in [-0.1, -0.05) is 49.1 Å². The van der Waals surface area contributed by atoms with E-state index in [1.54, 1.807) is 0 Å². The minimum Gasteiger partial charge on any atom is -0.352 e. The topological polar surface area (TPSA) is 29.1 Å². The molecular formula is C16H22ClNO. The summed E-state index contributed by atoms with van der Waals surface area (Å²) in [7, 11) is 0. The monoisotopic (exact) mass is 279 g/mol. The molecule has 0 saturated heterocycles. The van der Waals surface area contributed by atoms with Crippen LogP contribution < -0.4 is 5.32 Å². The number of nitrogens with one attached hydrogen (secondary N) is 1. The number of halogens is 1. The zero-order valence-corrected chi connectivity index (χ0v) is 12.2. The fourth-order valence-corrected chi connectivity index (χ4v) is 3.03. The first-order valence-electron chi connectivity index (χ1n) is 7.14. The maximum Gasteiger partial charge on any atom is 0.224 e. The number of benzene rings is 1. The van der Waals surface area contributed by atoms with Crippen LogP contribution in [0.2, 0.25) is 0 Å². The highest BCUT2D eigenvalue weighted by atomic mass is 35.5. The summed E-state index contributed by atoms with van der Waals surface area (Å²) in [5.41, 5.74) is 2.26. The molecule has 1 aliphatic rings. The molecule has 2 nitrogen and oxygen atoms in total. The molecule has 1 amide bonds. The molecule has 2 unspecified atom stereocenters. The largest absolute Gasteiger partial charge is 0.352 e. The van der Waals surface area contributed by atoms with Gasteiger partial charge in [-0.25, -0.2) is 0 Å². The molecule has 1 fully saturated rings. The number of alkyl halides is 1. The second kappa shape index (κ2) is 6.95. The molecule has 0 bridgehead atoms. The molecule has 0 radical (unpaired) electrons. The van der Waals surface area contributed by atoms with Crippen molar-refractivity contribution in [2.45, 2.75) is 56.9 Å². The molecule has 0 aromatic heterocycles. The number of carbonyl (C=O) groups excluding carboxylic acids is 1. The van der Waals surface area contributed by atoms with E-state index in [-0.39, 0.29) is 17.3 Å². The summed E-state index contributed by atoms with van der Waals surface area (Å²) < 4.78 is 0. The van der Waals surface area contributed by atoms with Gasteiger partial charge in [0.1, 0.15) is 0 Å². The first-order chi connectivity index (χ1) is 9.15. The van der Waals surface area contributed by atoms with Gasteiger partial charge in [0, 0.05) is 6.04 Å². The lowest BCUT2D eigenvalue weighted by atomic mass is 10.1. The smallest absolute Gasteiger partial charge is 0.224 e. The van der Waals surface area contributed by atoms with Crippen LogP contribution in [-0.2, 0) is 11.2 Å². The number of hydrogen-bond donors (Lipinski definition) is 1. The maximum atomic E-state index is 12.1. The van der Waals surface area contributed by atoms with E-state index in [0.29, 0.717) is 6.42 Å². The molecule has 1 aromatic carbocycles. The fraction of sp³-hybridized carbons (Fsp3) is 0.562. The third kappa shape index (κ3) is 4.54. The van der Waals surface area contributed by atoms with Gasteiger partial charge in [0.25, 0.3) is 0 Å². The number of amides is 1. The Labute approximate surface area is 120 Å². The molecule has 1 saturated carbocycles. The molecule has 3 heteroatoms. The predicted octanol–water partition coefficient (Wildman–Crippen LogP) is 3.59. The zero-order chi connectivity index (χ0) is 13.7. The van der Waals surface area contributed by atoms with Crippen LogP contribution in [0, 0.1) is 6.92 Å². The van der Waals surface area contributed by atoms with Crippen LogP contribution in [0.3, 0.4) is 0 Å². The van der Waals surface area contributed by atoms with E-state index >= 15 is 0 Å². The summed E-state index contributed by atoms with van der Waals surface area (Å²) in [6.45, 7) is 2.04. The van der Waals surface area contributed by atoms with Gasteiger partial charge in [-0.05, 0) is 25.3 Å². The summed E-state index contributed by atoms with van der Waals surface area (Å²) in [6, 6.07) is 8.24. The first-order valence-corrected chi connectivity index (χ1v) is 7.58. The Morgan fingerprint density at radius 2 is 2.11 bits per heavy atom. The van der Waals surface area contributed by atoms with Gasteiger partial charge >= 0.3 is 0 Å². The average Bonchev–Trinajstić information content (AvgIpc) is 2.55. The van der Waals surface area contributed by atoms with Crippen molar-refractivity contribution in [1.82, 2.24) is 5.32 Å². The van der Waals surface area contributed by atoms with E-state index in [4.69, 9.17) is 11.6 Å². The van der Waals surface area contributed by atoms with E-state index in [1.807, 2.05) is 25.1 Å². The van der Waals surface area contributed by atoms with Gasteiger partial charge in [-0.2, -0.15) is 0 Å². The van der Waals surface area contributed by atoms with Crippen LogP contribution in [0.25, 0.3) is 0 Å². The highest BCUT2D eigenvalue weighted by Gasteiger charge is 2.23. The van der Waals surface area contributed by atoms with Crippen molar-refractivity contribution in [2.24, 2.45) is 0 Å². The summed E-state index contributed by atoms with van der Waals surface area (Å²) in [5.74, 6) is 0.0862. The normalized spacial score (nSPS) is 23.7. The van der Waals surface area contributed by atoms with Crippen molar-refractivity contribution in [1.29, 1.82) is 0 Å². The third-order valence-corrected chi connectivity index (χ3v) is 4.25. The molecule has 0 aliphatic heterocycles. The molecule has 1 aromatic rings. The van der Waals surface area contributed by atoms with Gasteiger partial charge in [-0.3, -0.25) is 4.79 Å². The fourth-order valence-electron chi connectivity index (χ4n) is 2.69. The summed E-state index contributed by atoms with van der Waals surface area (Å²) in [6.07, 6.45) is 6.04. The lowest BCUT2D eigenvalue weighted by Gasteiger charge is -2.21. The molecule has 2 atom stereocenters. The molecule has 0 spiro atoms. The Morgan fingerprint density at radius 1 is 1.32 bits per heavy atom. The molecule has 104 valence electrons. The van der Waals surface area contributed by atoms with Crippen LogP contribution in [0.5, 0.6) is 0 Å². The molecule has 19 heavy (non-hydrogen) atoms. The van der Waals surface area contributed by atoms with Gasteiger partial charge in [0.05, 0.1) is 11.8 Å². The summed E-state index contributed by atoms with van der Waals surface area (Å²) in [4.78, 5) is 12.1. The lowest BCUT2D eigenvalue weighted by molar-refractivity contribution is -0.121. The van der Waals surface area contributed by atoms with Crippen LogP contribution in [0.15, 0.2) is 24.3 Å². The minimum absolute atomic E-state index is 0.0862. The second-order valence-corrected chi connectivity index (χ2v) is 6.05. The molecule has 2 rings (SSSR count). The van der Waals surface area contributed by atoms with E-state index in [2.05, 4.69) is 11.4 Å². The van der Waals surface area contributed by atoms with Crippen molar-refractivity contribution < 1.29 is 4.79 Å². The number of carbonyl (C=O) groups is 1. The second-order valence-electron chi connectivity index (χ2n) is 5.49. The highest BCUT2D eigenvalue weighted by molar-refractivity contribution is 6.21. The van der Waals surface area contributed by atoms with Crippen molar-refractivity contribution >= 4 is 17.5 Å². The van der Waals surface area contributed by atoms with Gasteiger partial charge in [0.15, 0.2) is 0 Å². The van der Waals surface area contributed by atoms with Crippen LogP contribution in [0.4, 0.5) is 0 Å². The van der Waals surface area contributed by atoms with E-state index < -0.39 is 0 Å². The average molecular weight is 280 g/mol. The van der Waals surface area contributed by atoms with E-state index in [0.717, 1.165) is 18.4 Å². The van der Waals surface area contributed by atoms with Crippen molar-refractivity contribution in [3.8, 4) is 0 Å². The summed E-state index contributed by atoms with van der Waals surface area (Å²) in [5, 5.41) is 3.19. The number of aryl methyl sites for hydroxylation is 1. The zero-order valence-electron chi connectivity index (χ0n) is 11.5. The van der Waals surface area contributed by atoms with E-state index in [9.17, 15) is 4.79 Å². The maximum absolute atomic E-state index is 12.1. The quantitative estimate of drug-likeness (QED) is 0.665. The molecule has 1 aliphatic carbocycles. The van der Waals surface area contributed by atoms with Gasteiger partial charge in [0.2, 0.25) is 5.91 Å². The molecule has 1 N–H and O–H groups in total. The SMILES string of the molecule is Cc1cccc(CC(=O)NC2CCCCCC2Cl)c1. The minimum atomic E-state index is 0.0862. The Morgan fingerprint density at radius 3 is 2.89 bits per heavy atom. The number of hydrogen-bond acceptors (Lipinski definition) is 1. The Bertz CT molecular complexity index is 433. The molecular weight excluding hydrogens is 258 g/mol. The predicted molar refractivity (Wildman–Crippen MR) is 79.5 cm³/mol. The third-order valence-electron chi connectivity index (χ3n) is 3.73. The van der Waals surface area contributed by atoms with Crippen LogP contribution in [0.1, 0.15) is 43.2 Å². The van der Waals surface area contributed by atoms with Crippen molar-refractivity contribution in [3.05, 3.63) is 35.4 Å². The lowest BCUT2D eigenvalue weighted by Crippen LogP contribution is -2.41. The summed E-state index contributed by atoms with van der Waals surface area (Å²) >= 11 is 6.34. The van der Waals surface area contributed by atoms with E-state index in [1.165, 1.54) is 24.8 Å². The Hall–Kier alpha value is -1.02. The van der Waals surface area contributed by atoms with Crippen LogP contribution >= 0.6 is 11.6 Å². The number of rotatable bonds is 3. The van der Waals surface area contributed by atoms with Crippen molar-refractivity contribution in [2.75, 3.05) is 0 Å². The Balaban J connectivity index is 1.89. The van der Waals surface area contributed by atoms with Gasteiger partial charge < -0.3 is 5.32 Å².